The molecule has 0 spiro atoms. The van der Waals surface area contributed by atoms with Crippen LogP contribution in [-0.4, -0.2) is 4.98 Å². The molecule has 204 valence electrons. The Hall–Kier alpha value is -4.50. The van der Waals surface area contributed by atoms with Crippen LogP contribution in [0.3, 0.4) is 0 Å². The largest absolute Gasteiger partial charge is 0.455 e. The summed E-state index contributed by atoms with van der Waals surface area (Å²) in [4.78, 5) is 3.55. The number of allylic oxidation sites excluding steroid dienone is 5. The topological polar surface area (TPSA) is 55.0 Å². The van der Waals surface area contributed by atoms with Crippen molar-refractivity contribution in [3.05, 3.63) is 114 Å². The van der Waals surface area contributed by atoms with E-state index >= 15 is 0 Å². The van der Waals surface area contributed by atoms with E-state index in [0.29, 0.717) is 5.70 Å². The molecule has 2 aliphatic carbocycles. The monoisotopic (exact) mass is 528 g/mol. The molecule has 0 radical (unpaired) electrons. The van der Waals surface area contributed by atoms with Crippen molar-refractivity contribution in [1.29, 1.82) is 0 Å². The molecule has 2 heterocycles. The fourth-order valence-electron chi connectivity index (χ4n) is 5.09. The number of aromatic amines is 1. The fraction of sp³-hybridized carbons (Fsp3) is 0.189. The molecule has 0 amide bonds. The summed E-state index contributed by atoms with van der Waals surface area (Å²) in [5.74, 6) is 0. The van der Waals surface area contributed by atoms with E-state index in [1.165, 1.54) is 34.6 Å². The highest BCUT2D eigenvalue weighted by Gasteiger charge is 2.19. The van der Waals surface area contributed by atoms with E-state index in [1.54, 1.807) is 6.08 Å². The zero-order valence-electron chi connectivity index (χ0n) is 24.0. The molecule has 3 N–H and O–H groups in total. The average Bonchev–Trinajstić information content (AvgIpc) is 3.56. The lowest BCUT2D eigenvalue weighted by Crippen LogP contribution is -2.24. The van der Waals surface area contributed by atoms with Gasteiger partial charge in [0.25, 0.3) is 0 Å². The molecule has 0 aliphatic heterocycles. The quantitative estimate of drug-likeness (QED) is 0.224. The first kappa shape index (κ1) is 28.5. The molecule has 2 aliphatic rings. The minimum absolute atomic E-state index is 0.515. The van der Waals surface area contributed by atoms with E-state index in [9.17, 15) is 0 Å². The van der Waals surface area contributed by atoms with Gasteiger partial charge in [0.15, 0.2) is 0 Å². The number of nitrogens with two attached hydrogens (primary N) is 1. The summed E-state index contributed by atoms with van der Waals surface area (Å²) in [7, 11) is 0. The van der Waals surface area contributed by atoms with E-state index in [2.05, 4.69) is 97.1 Å². The molecule has 0 saturated heterocycles. The molecule has 3 nitrogen and oxygen atoms in total. The van der Waals surface area contributed by atoms with Gasteiger partial charge in [-0.25, -0.2) is 0 Å². The highest BCUT2D eigenvalue weighted by atomic mass is 16.3. The maximum atomic E-state index is 6.29. The van der Waals surface area contributed by atoms with Crippen LogP contribution in [0.5, 0.6) is 0 Å². The van der Waals surface area contributed by atoms with Gasteiger partial charge in [0.05, 0.1) is 11.1 Å². The normalized spacial score (nSPS) is 13.0. The Morgan fingerprint density at radius 1 is 0.850 bits per heavy atom. The predicted molar refractivity (Wildman–Crippen MR) is 176 cm³/mol. The number of benzene rings is 3. The summed E-state index contributed by atoms with van der Waals surface area (Å²) in [6.07, 6.45) is 19.4. The van der Waals surface area contributed by atoms with Crippen molar-refractivity contribution in [2.45, 2.75) is 46.5 Å². The van der Waals surface area contributed by atoms with Crippen LogP contribution in [0, 0.1) is 0 Å². The second kappa shape index (κ2) is 13.5. The van der Waals surface area contributed by atoms with Gasteiger partial charge in [-0.2, -0.15) is 0 Å². The summed E-state index contributed by atoms with van der Waals surface area (Å²) in [6.45, 7) is 13.3. The highest BCUT2D eigenvalue weighted by Crippen LogP contribution is 2.37. The van der Waals surface area contributed by atoms with Crippen molar-refractivity contribution < 1.29 is 4.42 Å². The fourth-order valence-corrected chi connectivity index (χ4v) is 5.09. The summed E-state index contributed by atoms with van der Waals surface area (Å²) < 4.78 is 6.29. The maximum absolute atomic E-state index is 6.29. The Kier molecular flexibility index (Phi) is 9.64. The van der Waals surface area contributed by atoms with Gasteiger partial charge in [-0.05, 0) is 61.9 Å². The number of hydrogen-bond acceptors (Lipinski definition) is 2. The Labute approximate surface area is 237 Å². The summed E-state index contributed by atoms with van der Waals surface area (Å²) in [5, 5.41) is 5.77. The predicted octanol–water partition coefficient (Wildman–Crippen LogP) is 9.13. The van der Waals surface area contributed by atoms with Crippen LogP contribution in [0.25, 0.3) is 61.8 Å². The number of H-pyrrole nitrogens is 1. The lowest BCUT2D eigenvalue weighted by Gasteiger charge is -2.04. The first-order valence-corrected chi connectivity index (χ1v) is 14.2. The van der Waals surface area contributed by atoms with E-state index in [0.717, 1.165) is 51.2 Å². The zero-order chi connectivity index (χ0) is 28.5. The van der Waals surface area contributed by atoms with Crippen molar-refractivity contribution in [1.82, 2.24) is 4.98 Å². The number of fused-ring (bicyclic) bond motifs is 6. The second-order valence-electron chi connectivity index (χ2n) is 9.53. The molecule has 3 heteroatoms. The lowest BCUT2D eigenvalue weighted by atomic mass is 9.99. The Balaban J connectivity index is 0.000000288. The molecular weight excluding hydrogens is 488 g/mol. The van der Waals surface area contributed by atoms with Gasteiger partial charge in [-0.3, -0.25) is 0 Å². The van der Waals surface area contributed by atoms with Crippen LogP contribution in [0.15, 0.2) is 103 Å². The van der Waals surface area contributed by atoms with Crippen LogP contribution in [0.2, 0.25) is 0 Å². The summed E-state index contributed by atoms with van der Waals surface area (Å²) in [5.41, 5.74) is 12.7. The van der Waals surface area contributed by atoms with Crippen LogP contribution in [0.1, 0.15) is 52.0 Å². The highest BCUT2D eigenvalue weighted by molar-refractivity contribution is 6.15. The van der Waals surface area contributed by atoms with Gasteiger partial charge >= 0.3 is 0 Å². The number of furan rings is 1. The molecule has 0 unspecified atom stereocenters. The van der Waals surface area contributed by atoms with Crippen LogP contribution < -0.4 is 16.3 Å². The molecule has 3 aromatic carbocycles. The van der Waals surface area contributed by atoms with E-state index in [4.69, 9.17) is 10.2 Å². The van der Waals surface area contributed by atoms with Gasteiger partial charge in [0.2, 0.25) is 0 Å². The maximum Gasteiger partial charge on any atom is 0.146 e. The molecular formula is C37H40N2O. The third kappa shape index (κ3) is 5.89. The van der Waals surface area contributed by atoms with E-state index < -0.39 is 0 Å². The van der Waals surface area contributed by atoms with Crippen molar-refractivity contribution in [2.75, 3.05) is 0 Å². The zero-order valence-corrected chi connectivity index (χ0v) is 24.0. The first-order chi connectivity index (χ1) is 19.6. The average molecular weight is 529 g/mol. The Morgan fingerprint density at radius 2 is 1.52 bits per heavy atom. The van der Waals surface area contributed by atoms with Gasteiger partial charge in [0, 0.05) is 32.4 Å². The molecule has 5 aromatic rings. The van der Waals surface area contributed by atoms with Gasteiger partial charge < -0.3 is 15.1 Å². The number of nitrogens with one attached hydrogen (secondary N) is 1. The third-order valence-corrected chi connectivity index (χ3v) is 6.78. The van der Waals surface area contributed by atoms with Crippen LogP contribution in [0.4, 0.5) is 0 Å². The van der Waals surface area contributed by atoms with Crippen molar-refractivity contribution in [3.63, 3.8) is 0 Å². The van der Waals surface area contributed by atoms with Crippen molar-refractivity contribution in [3.8, 4) is 11.1 Å². The summed E-state index contributed by atoms with van der Waals surface area (Å²) >= 11 is 0. The number of hydrogen-bond donors (Lipinski definition) is 2. The molecule has 40 heavy (non-hydrogen) atoms. The first-order valence-electron chi connectivity index (χ1n) is 14.2. The van der Waals surface area contributed by atoms with Gasteiger partial charge in [-0.1, -0.05) is 99.4 Å². The smallest absolute Gasteiger partial charge is 0.146 e. The van der Waals surface area contributed by atoms with E-state index in [-0.39, 0.29) is 0 Å². The van der Waals surface area contributed by atoms with E-state index in [1.807, 2.05) is 32.9 Å². The molecule has 0 saturated carbocycles. The van der Waals surface area contributed by atoms with Crippen LogP contribution in [-0.2, 0) is 0 Å². The van der Waals surface area contributed by atoms with Gasteiger partial charge in [-0.15, -0.1) is 6.58 Å². The second-order valence-corrected chi connectivity index (χ2v) is 9.53. The number of aromatic nitrogens is 1. The standard InChI is InChI=1S/C26H20N2O.C6H8.C3H6.C2H6/c1-15(27)24-25-20(18-9-5-6-10-22(18)28-25)14-21-19-13-17(16-7-3-2-4-8-16)11-12-23(19)29-26(21)24;1-2-4-6-5-3-1;1-3-2;1-2/h2-4,7-14,28H,1,5-6,27H2;1-4H,5-6H2;3H,1H2,2H3;1-2H3. The molecule has 2 aromatic heterocycles. The lowest BCUT2D eigenvalue weighted by molar-refractivity contribution is 0.668. The number of rotatable bonds is 2. The minimum atomic E-state index is 0.515. The summed E-state index contributed by atoms with van der Waals surface area (Å²) in [6, 6.07) is 19.0. The van der Waals surface area contributed by atoms with Crippen LogP contribution >= 0.6 is 0 Å². The van der Waals surface area contributed by atoms with Crippen molar-refractivity contribution >= 4 is 50.7 Å². The molecule has 0 atom stereocenters. The molecule has 7 rings (SSSR count). The molecule has 0 bridgehead atoms. The van der Waals surface area contributed by atoms with Gasteiger partial charge in [0.1, 0.15) is 11.2 Å². The third-order valence-electron chi connectivity index (χ3n) is 6.78. The SMILES string of the molecule is C1=CCCC=C1.C=C(N)c1c2[nH]c3c(c2cc2c1oc1ccc(-c4ccccc4)cc12)=CCCC=3.C=CC.CC. The van der Waals surface area contributed by atoms with Crippen molar-refractivity contribution in [2.24, 2.45) is 5.73 Å². The minimum Gasteiger partial charge on any atom is -0.455 e. The Bertz CT molecular complexity index is 1800. The molecule has 0 fully saturated rings. The Morgan fingerprint density at radius 3 is 2.15 bits per heavy atom.